The average Bonchev–Trinajstić information content (AvgIpc) is 2.57. The Kier molecular flexibility index (Phi) is 7.03. The van der Waals surface area contributed by atoms with Crippen LogP contribution < -0.4 is 14.9 Å². The number of hydrogen-bond acceptors (Lipinski definition) is 5. The fourth-order valence-electron chi connectivity index (χ4n) is 2.31. The van der Waals surface area contributed by atoms with E-state index >= 15 is 0 Å². The van der Waals surface area contributed by atoms with Gasteiger partial charge in [-0.2, -0.15) is 5.10 Å². The molecule has 0 heterocycles. The Morgan fingerprint density at radius 1 is 1.19 bits per heavy atom. The SMILES string of the molecule is CCOc1cc(/C=N/NC(=O)COc2cc(C)cc(C)c2)cc(Br)c1O. The van der Waals surface area contributed by atoms with Gasteiger partial charge in [-0.3, -0.25) is 4.79 Å². The van der Waals surface area contributed by atoms with Crippen LogP contribution in [0.2, 0.25) is 0 Å². The second-order valence-electron chi connectivity index (χ2n) is 5.69. The highest BCUT2D eigenvalue weighted by Crippen LogP contribution is 2.35. The maximum Gasteiger partial charge on any atom is 0.277 e. The standard InChI is InChI=1S/C19H21BrN2O4/c1-4-25-17-9-14(8-16(20)19(17)24)10-21-22-18(23)11-26-15-6-12(2)5-13(3)7-15/h5-10,24H,4,11H2,1-3H3,(H,22,23)/b21-10+. The predicted octanol–water partition coefficient (Wildman–Crippen LogP) is 3.70. The lowest BCUT2D eigenvalue weighted by Gasteiger charge is -2.08. The highest BCUT2D eigenvalue weighted by Gasteiger charge is 2.08. The summed E-state index contributed by atoms with van der Waals surface area (Å²) in [5.41, 5.74) is 5.21. The Balaban J connectivity index is 1.92. The summed E-state index contributed by atoms with van der Waals surface area (Å²) in [6.45, 7) is 6.05. The van der Waals surface area contributed by atoms with E-state index in [0.717, 1.165) is 11.1 Å². The highest BCUT2D eigenvalue weighted by molar-refractivity contribution is 9.10. The van der Waals surface area contributed by atoms with Crippen molar-refractivity contribution in [3.05, 3.63) is 51.5 Å². The minimum absolute atomic E-state index is 0.0230. The lowest BCUT2D eigenvalue weighted by molar-refractivity contribution is -0.123. The number of carbonyl (C=O) groups is 1. The molecule has 0 atom stereocenters. The molecule has 0 unspecified atom stereocenters. The Labute approximate surface area is 161 Å². The van der Waals surface area contributed by atoms with Crippen LogP contribution in [0.4, 0.5) is 0 Å². The fourth-order valence-corrected chi connectivity index (χ4v) is 2.77. The smallest absolute Gasteiger partial charge is 0.277 e. The van der Waals surface area contributed by atoms with Crippen molar-refractivity contribution in [2.45, 2.75) is 20.8 Å². The largest absolute Gasteiger partial charge is 0.503 e. The molecule has 2 aromatic carbocycles. The van der Waals surface area contributed by atoms with Gasteiger partial charge in [0, 0.05) is 0 Å². The first-order valence-electron chi connectivity index (χ1n) is 8.07. The third-order valence-electron chi connectivity index (χ3n) is 3.32. The summed E-state index contributed by atoms with van der Waals surface area (Å²) in [4.78, 5) is 11.8. The number of hydrazone groups is 1. The summed E-state index contributed by atoms with van der Waals surface area (Å²) in [5, 5.41) is 13.8. The monoisotopic (exact) mass is 420 g/mol. The lowest BCUT2D eigenvalue weighted by atomic mass is 10.1. The predicted molar refractivity (Wildman–Crippen MR) is 104 cm³/mol. The highest BCUT2D eigenvalue weighted by atomic mass is 79.9. The number of aromatic hydroxyl groups is 1. The van der Waals surface area contributed by atoms with Gasteiger partial charge >= 0.3 is 0 Å². The number of nitrogens with zero attached hydrogens (tertiary/aromatic N) is 1. The van der Waals surface area contributed by atoms with Crippen LogP contribution in [0.25, 0.3) is 0 Å². The fraction of sp³-hybridized carbons (Fsp3) is 0.263. The molecule has 0 saturated carbocycles. The second-order valence-corrected chi connectivity index (χ2v) is 6.54. The number of nitrogens with one attached hydrogen (secondary N) is 1. The number of phenolic OH excluding ortho intramolecular Hbond substituents is 1. The van der Waals surface area contributed by atoms with Crippen molar-refractivity contribution in [2.75, 3.05) is 13.2 Å². The van der Waals surface area contributed by atoms with E-state index < -0.39 is 0 Å². The second kappa shape index (κ2) is 9.24. The summed E-state index contributed by atoms with van der Waals surface area (Å²) in [7, 11) is 0. The maximum atomic E-state index is 11.8. The molecule has 7 heteroatoms. The van der Waals surface area contributed by atoms with Gasteiger partial charge in [-0.05, 0) is 77.7 Å². The molecule has 2 aromatic rings. The van der Waals surface area contributed by atoms with Crippen LogP contribution in [0.5, 0.6) is 17.2 Å². The molecule has 1 amide bonds. The van der Waals surface area contributed by atoms with Crippen molar-refractivity contribution < 1.29 is 19.4 Å². The van der Waals surface area contributed by atoms with Crippen molar-refractivity contribution in [3.63, 3.8) is 0 Å². The van der Waals surface area contributed by atoms with E-state index in [4.69, 9.17) is 9.47 Å². The Bertz CT molecular complexity index is 801. The van der Waals surface area contributed by atoms with E-state index in [-0.39, 0.29) is 18.3 Å². The van der Waals surface area contributed by atoms with Crippen LogP contribution in [0, 0.1) is 13.8 Å². The van der Waals surface area contributed by atoms with E-state index in [1.54, 1.807) is 12.1 Å². The molecule has 2 N–H and O–H groups in total. The summed E-state index contributed by atoms with van der Waals surface area (Å²) in [5.74, 6) is 0.636. The summed E-state index contributed by atoms with van der Waals surface area (Å²) < 4.78 is 11.3. The number of halogens is 1. The van der Waals surface area contributed by atoms with E-state index in [1.165, 1.54) is 6.21 Å². The number of ether oxygens (including phenoxy) is 2. The first-order valence-corrected chi connectivity index (χ1v) is 8.86. The Morgan fingerprint density at radius 3 is 2.54 bits per heavy atom. The molecule has 0 radical (unpaired) electrons. The van der Waals surface area contributed by atoms with Crippen LogP contribution in [-0.2, 0) is 4.79 Å². The minimum atomic E-state index is -0.372. The number of hydrogen-bond donors (Lipinski definition) is 2. The first-order chi connectivity index (χ1) is 12.4. The molecule has 6 nitrogen and oxygen atoms in total. The zero-order valence-electron chi connectivity index (χ0n) is 14.9. The van der Waals surface area contributed by atoms with E-state index in [2.05, 4.69) is 26.5 Å². The van der Waals surface area contributed by atoms with Crippen LogP contribution in [0.1, 0.15) is 23.6 Å². The normalized spacial score (nSPS) is 10.8. The van der Waals surface area contributed by atoms with Crippen LogP contribution >= 0.6 is 15.9 Å². The van der Waals surface area contributed by atoms with Gasteiger partial charge in [0.1, 0.15) is 5.75 Å². The molecule has 0 bridgehead atoms. The van der Waals surface area contributed by atoms with Gasteiger partial charge in [-0.1, -0.05) is 6.07 Å². The zero-order chi connectivity index (χ0) is 19.1. The van der Waals surface area contributed by atoms with Crippen molar-refractivity contribution in [1.82, 2.24) is 5.43 Å². The van der Waals surface area contributed by atoms with Crippen molar-refractivity contribution >= 4 is 28.1 Å². The topological polar surface area (TPSA) is 80.2 Å². The average molecular weight is 421 g/mol. The summed E-state index contributed by atoms with van der Waals surface area (Å²) >= 11 is 3.25. The number of amides is 1. The van der Waals surface area contributed by atoms with E-state index in [9.17, 15) is 9.90 Å². The summed E-state index contributed by atoms with van der Waals surface area (Å²) in [6.07, 6.45) is 1.46. The molecule has 0 fully saturated rings. The van der Waals surface area contributed by atoms with Gasteiger partial charge < -0.3 is 14.6 Å². The number of rotatable bonds is 7. The molecule has 0 aliphatic heterocycles. The van der Waals surface area contributed by atoms with Gasteiger partial charge in [-0.15, -0.1) is 0 Å². The molecule has 26 heavy (non-hydrogen) atoms. The van der Waals surface area contributed by atoms with Crippen molar-refractivity contribution in [3.8, 4) is 17.2 Å². The number of benzene rings is 2. The van der Waals surface area contributed by atoms with Gasteiger partial charge in [-0.25, -0.2) is 5.43 Å². The van der Waals surface area contributed by atoms with Crippen LogP contribution in [-0.4, -0.2) is 30.4 Å². The molecule has 0 saturated heterocycles. The zero-order valence-corrected chi connectivity index (χ0v) is 16.5. The molecular formula is C19H21BrN2O4. The molecule has 0 aliphatic carbocycles. The lowest BCUT2D eigenvalue weighted by Crippen LogP contribution is -2.24. The van der Waals surface area contributed by atoms with Crippen molar-refractivity contribution in [2.24, 2.45) is 5.10 Å². The minimum Gasteiger partial charge on any atom is -0.503 e. The first kappa shape index (κ1) is 19.8. The summed E-state index contributed by atoms with van der Waals surface area (Å²) in [6, 6.07) is 9.06. The molecule has 138 valence electrons. The van der Waals surface area contributed by atoms with Gasteiger partial charge in [0.05, 0.1) is 17.3 Å². The van der Waals surface area contributed by atoms with Gasteiger partial charge in [0.2, 0.25) is 0 Å². The quantitative estimate of drug-likeness (QED) is 0.528. The van der Waals surface area contributed by atoms with Crippen molar-refractivity contribution in [1.29, 1.82) is 0 Å². The molecular weight excluding hydrogens is 400 g/mol. The third-order valence-corrected chi connectivity index (χ3v) is 3.92. The van der Waals surface area contributed by atoms with Crippen LogP contribution in [0.15, 0.2) is 39.9 Å². The number of phenols is 1. The maximum absolute atomic E-state index is 11.8. The Hall–Kier alpha value is -2.54. The van der Waals surface area contributed by atoms with E-state index in [0.29, 0.717) is 28.1 Å². The Morgan fingerprint density at radius 2 is 1.88 bits per heavy atom. The van der Waals surface area contributed by atoms with Crippen LogP contribution in [0.3, 0.4) is 0 Å². The van der Waals surface area contributed by atoms with Gasteiger partial charge in [0.15, 0.2) is 18.1 Å². The molecule has 0 spiro atoms. The third kappa shape index (κ3) is 5.77. The number of aryl methyl sites for hydroxylation is 2. The number of carbonyl (C=O) groups excluding carboxylic acids is 1. The molecule has 2 rings (SSSR count). The molecule has 0 aliphatic rings. The molecule has 0 aromatic heterocycles. The van der Waals surface area contributed by atoms with Gasteiger partial charge in [0.25, 0.3) is 5.91 Å². The van der Waals surface area contributed by atoms with E-state index in [1.807, 2.05) is 39.0 Å².